The van der Waals surface area contributed by atoms with Gasteiger partial charge >= 0.3 is 0 Å². The molecule has 1 amide bonds. The van der Waals surface area contributed by atoms with Gasteiger partial charge in [-0.3, -0.25) is 9.69 Å². The minimum atomic E-state index is -0.123. The van der Waals surface area contributed by atoms with Crippen LogP contribution in [0, 0.1) is 0 Å². The number of benzene rings is 1. The van der Waals surface area contributed by atoms with Gasteiger partial charge in [0.1, 0.15) is 12.3 Å². The van der Waals surface area contributed by atoms with Gasteiger partial charge in [0.2, 0.25) is 5.89 Å². The van der Waals surface area contributed by atoms with Crippen molar-refractivity contribution in [3.8, 4) is 5.75 Å². The molecule has 1 unspecified atom stereocenters. The van der Waals surface area contributed by atoms with E-state index in [1.807, 2.05) is 38.2 Å². The van der Waals surface area contributed by atoms with Crippen LogP contribution in [0.3, 0.4) is 0 Å². The molecule has 2 aromatic rings. The van der Waals surface area contributed by atoms with E-state index in [1.165, 1.54) is 0 Å². The van der Waals surface area contributed by atoms with Crippen LogP contribution in [0.1, 0.15) is 18.6 Å². The van der Waals surface area contributed by atoms with Crippen LogP contribution in [0.15, 0.2) is 28.8 Å². The van der Waals surface area contributed by atoms with Crippen molar-refractivity contribution in [3.05, 3.63) is 36.0 Å². The first kappa shape index (κ1) is 14.5. The average Bonchev–Trinajstić information content (AvgIpc) is 2.97. The second kappa shape index (κ2) is 6.15. The number of likely N-dealkylation sites (N-methyl/N-ethyl adjacent to an activating group) is 1. The van der Waals surface area contributed by atoms with Crippen molar-refractivity contribution >= 4 is 11.6 Å². The molecular formula is C15H18N4O3. The predicted octanol–water partition coefficient (Wildman–Crippen LogP) is 1.15. The van der Waals surface area contributed by atoms with Gasteiger partial charge in [-0.15, -0.1) is 0 Å². The Balaban J connectivity index is 1.77. The van der Waals surface area contributed by atoms with E-state index in [1.54, 1.807) is 4.90 Å². The molecule has 7 heteroatoms. The van der Waals surface area contributed by atoms with E-state index >= 15 is 0 Å². The quantitative estimate of drug-likeness (QED) is 0.892. The zero-order chi connectivity index (χ0) is 15.5. The molecule has 2 heterocycles. The fraction of sp³-hybridized carbons (Fsp3) is 0.400. The highest BCUT2D eigenvalue weighted by molar-refractivity contribution is 5.97. The SMILES string of the molecule is CNC(C)Cc1noc(CN2C(=O)COc3ccccc32)n1. The van der Waals surface area contributed by atoms with Crippen LogP contribution < -0.4 is 15.0 Å². The van der Waals surface area contributed by atoms with Crippen molar-refractivity contribution in [2.75, 3.05) is 18.6 Å². The summed E-state index contributed by atoms with van der Waals surface area (Å²) in [6.07, 6.45) is 0.674. The van der Waals surface area contributed by atoms with E-state index in [2.05, 4.69) is 15.5 Å². The lowest BCUT2D eigenvalue weighted by Gasteiger charge is -2.27. The Morgan fingerprint density at radius 3 is 3.05 bits per heavy atom. The van der Waals surface area contributed by atoms with Crippen LogP contribution >= 0.6 is 0 Å². The molecule has 0 bridgehead atoms. The Hall–Kier alpha value is -2.41. The molecule has 0 saturated carbocycles. The molecule has 0 radical (unpaired) electrons. The van der Waals surface area contributed by atoms with Gasteiger partial charge in [0.05, 0.1) is 5.69 Å². The third kappa shape index (κ3) is 2.94. The summed E-state index contributed by atoms with van der Waals surface area (Å²) < 4.78 is 10.7. The number of aromatic nitrogens is 2. The lowest BCUT2D eigenvalue weighted by molar-refractivity contribution is -0.121. The minimum absolute atomic E-state index is 0.0226. The summed E-state index contributed by atoms with van der Waals surface area (Å²) in [5.74, 6) is 1.61. The summed E-state index contributed by atoms with van der Waals surface area (Å²) in [4.78, 5) is 18.0. The molecule has 1 aliphatic rings. The molecule has 0 saturated heterocycles. The van der Waals surface area contributed by atoms with Crippen molar-refractivity contribution in [2.45, 2.75) is 25.9 Å². The van der Waals surface area contributed by atoms with Gasteiger partial charge in [0.25, 0.3) is 5.91 Å². The number of fused-ring (bicyclic) bond motifs is 1. The summed E-state index contributed by atoms with van der Waals surface area (Å²) in [5, 5.41) is 7.08. The summed E-state index contributed by atoms with van der Waals surface area (Å²) in [6, 6.07) is 7.67. The molecule has 0 spiro atoms. The maximum atomic E-state index is 12.1. The lowest BCUT2D eigenvalue weighted by atomic mass is 10.2. The van der Waals surface area contributed by atoms with E-state index in [0.717, 1.165) is 5.69 Å². The van der Waals surface area contributed by atoms with E-state index < -0.39 is 0 Å². The first-order valence-corrected chi connectivity index (χ1v) is 7.18. The van der Waals surface area contributed by atoms with Crippen molar-refractivity contribution in [2.24, 2.45) is 0 Å². The Bertz CT molecular complexity index is 670. The second-order valence-corrected chi connectivity index (χ2v) is 5.23. The molecule has 0 fully saturated rings. The third-order valence-electron chi connectivity index (χ3n) is 3.59. The topological polar surface area (TPSA) is 80.5 Å². The van der Waals surface area contributed by atoms with Gasteiger partial charge in [-0.1, -0.05) is 17.3 Å². The van der Waals surface area contributed by atoms with Gasteiger partial charge < -0.3 is 14.6 Å². The fourth-order valence-electron chi connectivity index (χ4n) is 2.28. The molecule has 1 aromatic heterocycles. The highest BCUT2D eigenvalue weighted by Gasteiger charge is 2.27. The number of ether oxygens (including phenoxy) is 1. The van der Waals surface area contributed by atoms with Crippen LogP contribution in [0.2, 0.25) is 0 Å². The molecule has 116 valence electrons. The maximum Gasteiger partial charge on any atom is 0.265 e. The van der Waals surface area contributed by atoms with E-state index in [-0.39, 0.29) is 25.1 Å². The first-order chi connectivity index (χ1) is 10.7. The lowest BCUT2D eigenvalue weighted by Crippen LogP contribution is -2.38. The van der Waals surface area contributed by atoms with Crippen molar-refractivity contribution in [1.82, 2.24) is 15.5 Å². The highest BCUT2D eigenvalue weighted by Crippen LogP contribution is 2.32. The van der Waals surface area contributed by atoms with Crippen molar-refractivity contribution in [3.63, 3.8) is 0 Å². The van der Waals surface area contributed by atoms with Crippen molar-refractivity contribution < 1.29 is 14.1 Å². The summed E-state index contributed by atoms with van der Waals surface area (Å²) in [6.45, 7) is 2.31. The monoisotopic (exact) mass is 302 g/mol. The molecule has 1 atom stereocenters. The number of carbonyl (C=O) groups excluding carboxylic acids is 1. The second-order valence-electron chi connectivity index (χ2n) is 5.23. The number of hydrogen-bond acceptors (Lipinski definition) is 6. The largest absolute Gasteiger partial charge is 0.482 e. The molecule has 22 heavy (non-hydrogen) atoms. The number of nitrogens with one attached hydrogen (secondary N) is 1. The zero-order valence-corrected chi connectivity index (χ0v) is 12.6. The number of carbonyl (C=O) groups is 1. The Morgan fingerprint density at radius 2 is 2.23 bits per heavy atom. The molecule has 1 aromatic carbocycles. The fourth-order valence-corrected chi connectivity index (χ4v) is 2.28. The smallest absolute Gasteiger partial charge is 0.265 e. The van der Waals surface area contributed by atoms with Crippen LogP contribution in [0.4, 0.5) is 5.69 Å². The van der Waals surface area contributed by atoms with E-state index in [0.29, 0.717) is 23.9 Å². The average molecular weight is 302 g/mol. The molecule has 3 rings (SSSR count). The molecular weight excluding hydrogens is 284 g/mol. The summed E-state index contributed by atoms with van der Waals surface area (Å²) in [5.41, 5.74) is 0.724. The van der Waals surface area contributed by atoms with Crippen LogP contribution in [0.25, 0.3) is 0 Å². The van der Waals surface area contributed by atoms with Crippen LogP contribution in [0.5, 0.6) is 5.75 Å². The predicted molar refractivity (Wildman–Crippen MR) is 79.7 cm³/mol. The third-order valence-corrected chi connectivity index (χ3v) is 3.59. The first-order valence-electron chi connectivity index (χ1n) is 7.18. The molecule has 7 nitrogen and oxygen atoms in total. The zero-order valence-electron chi connectivity index (χ0n) is 12.6. The Kier molecular flexibility index (Phi) is 4.06. The summed E-state index contributed by atoms with van der Waals surface area (Å²) in [7, 11) is 1.88. The standard InChI is InChI=1S/C15H18N4O3/c1-10(16-2)7-13-17-14(22-18-13)8-19-11-5-3-4-6-12(11)21-9-15(19)20/h3-6,10,16H,7-9H2,1-2H3. The maximum absolute atomic E-state index is 12.1. The minimum Gasteiger partial charge on any atom is -0.482 e. The molecule has 1 aliphatic heterocycles. The van der Waals surface area contributed by atoms with Gasteiger partial charge in [0.15, 0.2) is 12.4 Å². The number of nitrogens with zero attached hydrogens (tertiary/aromatic N) is 3. The van der Waals surface area contributed by atoms with Crippen LogP contribution in [-0.2, 0) is 17.8 Å². The highest BCUT2D eigenvalue weighted by atomic mass is 16.5. The van der Waals surface area contributed by atoms with Crippen molar-refractivity contribution in [1.29, 1.82) is 0 Å². The van der Waals surface area contributed by atoms with Gasteiger partial charge in [-0.25, -0.2) is 0 Å². The van der Waals surface area contributed by atoms with E-state index in [4.69, 9.17) is 9.26 Å². The number of amides is 1. The van der Waals surface area contributed by atoms with Gasteiger partial charge in [-0.05, 0) is 26.1 Å². The number of hydrogen-bond donors (Lipinski definition) is 1. The molecule has 1 N–H and O–H groups in total. The number of para-hydroxylation sites is 2. The van der Waals surface area contributed by atoms with Crippen LogP contribution in [-0.4, -0.2) is 35.7 Å². The normalized spacial score (nSPS) is 15.4. The molecule has 0 aliphatic carbocycles. The Labute approximate surface area is 128 Å². The van der Waals surface area contributed by atoms with Gasteiger partial charge in [-0.2, -0.15) is 4.98 Å². The van der Waals surface area contributed by atoms with Gasteiger partial charge in [0, 0.05) is 12.5 Å². The number of rotatable bonds is 5. The Morgan fingerprint density at radius 1 is 1.41 bits per heavy atom. The van der Waals surface area contributed by atoms with E-state index in [9.17, 15) is 4.79 Å². The number of anilines is 1. The summed E-state index contributed by atoms with van der Waals surface area (Å²) >= 11 is 0.